The number of hydrogen-bond acceptors (Lipinski definition) is 3. The number of aryl methyl sites for hydroxylation is 1. The average molecular weight is 323 g/mol. The van der Waals surface area contributed by atoms with Gasteiger partial charge in [0.2, 0.25) is 5.91 Å². The fraction of sp³-hybridized carbons (Fsp3) is 0.588. The molecule has 0 aromatic heterocycles. The van der Waals surface area contributed by atoms with Crippen LogP contribution in [0.25, 0.3) is 0 Å². The van der Waals surface area contributed by atoms with Crippen molar-refractivity contribution >= 4 is 17.5 Å². The number of benzene rings is 1. The summed E-state index contributed by atoms with van der Waals surface area (Å²) in [6.07, 6.45) is 2.31. The number of halogens is 1. The number of carbonyl (C=O) groups excluding carboxylic acids is 1. The number of aliphatic hydroxyl groups excluding tert-OH is 1. The quantitative estimate of drug-likeness (QED) is 0.919. The van der Waals surface area contributed by atoms with Crippen LogP contribution in [0.3, 0.4) is 0 Å². The second-order valence-corrected chi connectivity index (χ2v) is 7.17. The number of aliphatic hydroxyl groups is 1. The monoisotopic (exact) mass is 322 g/mol. The molecule has 0 bridgehead atoms. The highest BCUT2D eigenvalue weighted by atomic mass is 35.5. The molecule has 120 valence electrons. The summed E-state index contributed by atoms with van der Waals surface area (Å²) in [5, 5.41) is 10.0. The number of likely N-dealkylation sites (N-methyl/N-ethyl adjacent to an activating group) is 1. The third-order valence-electron chi connectivity index (χ3n) is 5.13. The van der Waals surface area contributed by atoms with Gasteiger partial charge in [-0.2, -0.15) is 0 Å². The van der Waals surface area contributed by atoms with E-state index in [2.05, 4.69) is 11.9 Å². The average Bonchev–Trinajstić information content (AvgIpc) is 2.82. The minimum atomic E-state index is 0.114. The molecule has 0 aliphatic carbocycles. The van der Waals surface area contributed by atoms with Crippen LogP contribution in [0.4, 0.5) is 0 Å². The van der Waals surface area contributed by atoms with E-state index in [-0.39, 0.29) is 18.1 Å². The van der Waals surface area contributed by atoms with Gasteiger partial charge in [-0.15, -0.1) is 0 Å². The largest absolute Gasteiger partial charge is 0.396 e. The van der Waals surface area contributed by atoms with Crippen LogP contribution >= 0.6 is 11.6 Å². The molecule has 2 aliphatic heterocycles. The molecule has 5 heteroatoms. The molecule has 0 saturated carbocycles. The van der Waals surface area contributed by atoms with E-state index in [1.54, 1.807) is 0 Å². The molecule has 1 amide bonds. The molecule has 2 fully saturated rings. The minimum absolute atomic E-state index is 0.114. The van der Waals surface area contributed by atoms with Crippen LogP contribution in [0.1, 0.15) is 18.4 Å². The first kappa shape index (κ1) is 15.8. The van der Waals surface area contributed by atoms with Crippen LogP contribution < -0.4 is 0 Å². The highest BCUT2D eigenvalue weighted by Gasteiger charge is 2.52. The van der Waals surface area contributed by atoms with Gasteiger partial charge in [0.25, 0.3) is 0 Å². The second kappa shape index (κ2) is 6.19. The lowest BCUT2D eigenvalue weighted by Crippen LogP contribution is -2.68. The lowest BCUT2D eigenvalue weighted by Gasteiger charge is -2.52. The predicted octanol–water partition coefficient (Wildman–Crippen LogP) is 1.80. The zero-order valence-corrected chi connectivity index (χ0v) is 13.7. The Kier molecular flexibility index (Phi) is 4.44. The first-order valence-electron chi connectivity index (χ1n) is 7.87. The molecular formula is C17H23ClN2O2. The van der Waals surface area contributed by atoms with Gasteiger partial charge in [0, 0.05) is 37.7 Å². The van der Waals surface area contributed by atoms with Gasteiger partial charge in [-0.1, -0.05) is 23.7 Å². The van der Waals surface area contributed by atoms with Gasteiger partial charge in [0.05, 0.1) is 5.54 Å². The summed E-state index contributed by atoms with van der Waals surface area (Å²) in [7, 11) is 2.10. The van der Waals surface area contributed by atoms with Crippen LogP contribution in [0, 0.1) is 5.92 Å². The van der Waals surface area contributed by atoms with Crippen molar-refractivity contribution in [3.63, 3.8) is 0 Å². The fourth-order valence-corrected chi connectivity index (χ4v) is 3.86. The van der Waals surface area contributed by atoms with Gasteiger partial charge < -0.3 is 10.0 Å². The summed E-state index contributed by atoms with van der Waals surface area (Å²) in [5.41, 5.74) is 1.26. The maximum Gasteiger partial charge on any atom is 0.223 e. The Morgan fingerprint density at radius 2 is 2.05 bits per heavy atom. The summed E-state index contributed by atoms with van der Waals surface area (Å²) in [5.74, 6) is 0.581. The fourth-order valence-electron chi connectivity index (χ4n) is 3.73. The van der Waals surface area contributed by atoms with Gasteiger partial charge in [0.15, 0.2) is 0 Å². The Bertz CT molecular complexity index is 540. The Hall–Kier alpha value is -1.10. The molecule has 1 aromatic rings. The molecule has 22 heavy (non-hydrogen) atoms. The SMILES string of the molecule is CN1CC(CO)CC12CN(C(=O)CCc1ccc(Cl)cc1)C2. The maximum atomic E-state index is 12.3. The van der Waals surface area contributed by atoms with Crippen LogP contribution in [0.2, 0.25) is 5.02 Å². The predicted molar refractivity (Wildman–Crippen MR) is 86.9 cm³/mol. The van der Waals surface area contributed by atoms with Crippen molar-refractivity contribution in [1.82, 2.24) is 9.80 Å². The first-order valence-corrected chi connectivity index (χ1v) is 8.24. The number of carbonyl (C=O) groups is 1. The van der Waals surface area contributed by atoms with E-state index in [0.29, 0.717) is 12.3 Å². The third kappa shape index (κ3) is 3.00. The van der Waals surface area contributed by atoms with Gasteiger partial charge >= 0.3 is 0 Å². The normalized spacial score (nSPS) is 23.8. The lowest BCUT2D eigenvalue weighted by atomic mass is 9.84. The lowest BCUT2D eigenvalue weighted by molar-refractivity contribution is -0.143. The van der Waals surface area contributed by atoms with Crippen molar-refractivity contribution in [1.29, 1.82) is 0 Å². The zero-order valence-electron chi connectivity index (χ0n) is 13.0. The maximum absolute atomic E-state index is 12.3. The number of nitrogens with zero attached hydrogens (tertiary/aromatic N) is 2. The molecule has 0 radical (unpaired) electrons. The van der Waals surface area contributed by atoms with Crippen LogP contribution in [0.5, 0.6) is 0 Å². The van der Waals surface area contributed by atoms with E-state index < -0.39 is 0 Å². The first-order chi connectivity index (χ1) is 10.5. The van der Waals surface area contributed by atoms with E-state index >= 15 is 0 Å². The highest BCUT2D eigenvalue weighted by molar-refractivity contribution is 6.30. The minimum Gasteiger partial charge on any atom is -0.396 e. The van der Waals surface area contributed by atoms with E-state index in [1.165, 1.54) is 0 Å². The zero-order chi connectivity index (χ0) is 15.7. The topological polar surface area (TPSA) is 43.8 Å². The summed E-state index contributed by atoms with van der Waals surface area (Å²) >= 11 is 5.87. The van der Waals surface area contributed by atoms with Crippen molar-refractivity contribution < 1.29 is 9.90 Å². The molecule has 1 spiro atoms. The molecule has 1 aromatic carbocycles. The van der Waals surface area contributed by atoms with Crippen LogP contribution in [-0.4, -0.2) is 59.6 Å². The van der Waals surface area contributed by atoms with Gasteiger partial charge in [-0.3, -0.25) is 9.69 Å². The molecule has 2 heterocycles. The molecular weight excluding hydrogens is 300 g/mol. The van der Waals surface area contributed by atoms with Crippen molar-refractivity contribution in [3.05, 3.63) is 34.9 Å². The van der Waals surface area contributed by atoms with Crippen molar-refractivity contribution in [2.24, 2.45) is 5.92 Å². The van der Waals surface area contributed by atoms with E-state index in [0.717, 1.165) is 43.1 Å². The van der Waals surface area contributed by atoms with Gasteiger partial charge in [0.1, 0.15) is 0 Å². The Morgan fingerprint density at radius 1 is 1.36 bits per heavy atom. The van der Waals surface area contributed by atoms with E-state index in [1.807, 2.05) is 29.2 Å². The number of likely N-dealkylation sites (tertiary alicyclic amines) is 2. The van der Waals surface area contributed by atoms with Gasteiger partial charge in [-0.25, -0.2) is 0 Å². The molecule has 1 atom stereocenters. The molecule has 4 nitrogen and oxygen atoms in total. The molecule has 1 unspecified atom stereocenters. The van der Waals surface area contributed by atoms with Crippen molar-refractivity contribution in [2.45, 2.75) is 24.8 Å². The van der Waals surface area contributed by atoms with Crippen LogP contribution in [-0.2, 0) is 11.2 Å². The highest BCUT2D eigenvalue weighted by Crippen LogP contribution is 2.39. The second-order valence-electron chi connectivity index (χ2n) is 6.73. The van der Waals surface area contributed by atoms with Crippen molar-refractivity contribution in [2.75, 3.05) is 33.3 Å². The summed E-state index contributed by atoms with van der Waals surface area (Å²) < 4.78 is 0. The third-order valence-corrected chi connectivity index (χ3v) is 5.38. The van der Waals surface area contributed by atoms with E-state index in [9.17, 15) is 9.90 Å². The molecule has 1 N–H and O–H groups in total. The Balaban J connectivity index is 1.48. The van der Waals surface area contributed by atoms with Gasteiger partial charge in [-0.05, 0) is 43.5 Å². The smallest absolute Gasteiger partial charge is 0.223 e. The molecule has 3 rings (SSSR count). The standard InChI is InChI=1S/C17H23ClN2O2/c1-19-9-14(10-21)8-17(19)11-20(12-17)16(22)7-4-13-2-5-15(18)6-3-13/h2-3,5-6,14,21H,4,7-12H2,1H3. The summed E-state index contributed by atoms with van der Waals surface area (Å²) in [6, 6.07) is 7.68. The number of rotatable bonds is 4. The number of amides is 1. The van der Waals surface area contributed by atoms with Crippen molar-refractivity contribution in [3.8, 4) is 0 Å². The van der Waals surface area contributed by atoms with Crippen LogP contribution in [0.15, 0.2) is 24.3 Å². The van der Waals surface area contributed by atoms with E-state index in [4.69, 9.17) is 11.6 Å². The summed E-state index contributed by atoms with van der Waals surface area (Å²) in [4.78, 5) is 16.6. The Labute approximate surface area is 136 Å². The number of hydrogen-bond donors (Lipinski definition) is 1. The Morgan fingerprint density at radius 3 is 2.64 bits per heavy atom. The molecule has 2 aliphatic rings. The summed E-state index contributed by atoms with van der Waals surface area (Å²) in [6.45, 7) is 2.79. The molecule has 2 saturated heterocycles.